The second-order valence-electron chi connectivity index (χ2n) is 10.0. The summed E-state index contributed by atoms with van der Waals surface area (Å²) in [7, 11) is -3.17. The first-order valence-corrected chi connectivity index (χ1v) is 15.6. The van der Waals surface area contributed by atoms with E-state index < -0.39 is 15.9 Å². The molecule has 2 fully saturated rings. The van der Waals surface area contributed by atoms with E-state index in [0.29, 0.717) is 24.7 Å². The number of thiophene rings is 1. The van der Waals surface area contributed by atoms with Crippen LogP contribution in [0.25, 0.3) is 22.0 Å². The number of nitrogens with two attached hydrogens (primary N) is 1. The van der Waals surface area contributed by atoms with E-state index in [4.69, 9.17) is 5.73 Å². The molecule has 36 heavy (non-hydrogen) atoms. The number of benzene rings is 1. The molecule has 0 bridgehead atoms. The molecule has 1 aromatic carbocycles. The third kappa shape index (κ3) is 4.74. The largest absolute Gasteiger partial charge is 0.366 e. The number of carbonyl (C=O) groups is 1. The average Bonchev–Trinajstić information content (AvgIpc) is 3.65. The van der Waals surface area contributed by atoms with Crippen LogP contribution in [0.1, 0.15) is 78.7 Å². The second-order valence-corrected chi connectivity index (χ2v) is 13.2. The molecule has 5 rings (SSSR count). The summed E-state index contributed by atoms with van der Waals surface area (Å²) < 4.78 is 26.2. The zero-order chi connectivity index (χ0) is 25.4. The normalized spacial score (nSPS) is 19.3. The predicted octanol–water partition coefficient (Wildman–Crippen LogP) is 5.07. The van der Waals surface area contributed by atoms with Gasteiger partial charge in [0.05, 0.1) is 16.8 Å². The van der Waals surface area contributed by atoms with Gasteiger partial charge in [0.2, 0.25) is 10.0 Å². The molecule has 0 radical (unpaired) electrons. The quantitative estimate of drug-likeness (QED) is 0.426. The fraction of sp³-hybridized carbons (Fsp3) is 0.519. The first-order chi connectivity index (χ1) is 17.3. The van der Waals surface area contributed by atoms with Crippen LogP contribution in [-0.2, 0) is 10.0 Å². The predicted molar refractivity (Wildman–Crippen MR) is 147 cm³/mol. The fourth-order valence-electron chi connectivity index (χ4n) is 5.95. The zero-order valence-corrected chi connectivity index (χ0v) is 22.8. The van der Waals surface area contributed by atoms with Gasteiger partial charge >= 0.3 is 0 Å². The molecule has 4 heterocycles. The lowest BCUT2D eigenvalue weighted by molar-refractivity contribution is 0.100. The Morgan fingerprint density at radius 3 is 2.47 bits per heavy atom. The molecule has 0 aliphatic carbocycles. The number of nitrogens with one attached hydrogen (secondary N) is 1. The summed E-state index contributed by atoms with van der Waals surface area (Å²) in [6.07, 6.45) is 7.13. The van der Waals surface area contributed by atoms with Crippen molar-refractivity contribution in [2.45, 2.75) is 57.9 Å². The summed E-state index contributed by atoms with van der Waals surface area (Å²) in [5.74, 6) is -0.0798. The first-order valence-electron chi connectivity index (χ1n) is 13.1. The van der Waals surface area contributed by atoms with Gasteiger partial charge in [-0.2, -0.15) is 0 Å². The maximum atomic E-state index is 12.4. The number of likely N-dealkylation sites (tertiary alicyclic amines) is 1. The standard InChI is InChI=1S/C27H36N4O3S2/c1-3-24(30-9-5-6-10-30)25-15-20(17-35-25)19-13-21-23(16-29-26(21)22(14-19)27(28)32)18-7-11-31(12-8-18)36(33,34)4-2/h13-18,24,29H,3-12H2,1-2H3,(H2,28,32). The molecule has 1 unspecified atom stereocenters. The van der Waals surface area contributed by atoms with Crippen LogP contribution in [0, 0.1) is 0 Å². The maximum absolute atomic E-state index is 12.4. The Balaban J connectivity index is 1.48. The van der Waals surface area contributed by atoms with Crippen LogP contribution in [0.15, 0.2) is 29.8 Å². The highest BCUT2D eigenvalue weighted by molar-refractivity contribution is 7.89. The van der Waals surface area contributed by atoms with Crippen LogP contribution < -0.4 is 5.73 Å². The number of sulfonamides is 1. The van der Waals surface area contributed by atoms with Crippen LogP contribution in [0.4, 0.5) is 0 Å². The van der Waals surface area contributed by atoms with Gasteiger partial charge in [-0.25, -0.2) is 12.7 Å². The van der Waals surface area contributed by atoms with E-state index in [0.717, 1.165) is 59.9 Å². The molecule has 2 aliphatic rings. The molecule has 3 aromatic rings. The summed E-state index contributed by atoms with van der Waals surface area (Å²) in [4.78, 5) is 19.7. The van der Waals surface area contributed by atoms with E-state index in [1.165, 1.54) is 17.7 Å². The monoisotopic (exact) mass is 528 g/mol. The number of aromatic nitrogens is 1. The maximum Gasteiger partial charge on any atom is 0.250 e. The number of hydrogen-bond donors (Lipinski definition) is 2. The number of H-pyrrole nitrogens is 1. The topological polar surface area (TPSA) is 99.5 Å². The van der Waals surface area contributed by atoms with Crippen molar-refractivity contribution < 1.29 is 13.2 Å². The summed E-state index contributed by atoms with van der Waals surface area (Å²) >= 11 is 1.79. The molecule has 7 nitrogen and oxygen atoms in total. The average molecular weight is 529 g/mol. The van der Waals surface area contributed by atoms with E-state index in [-0.39, 0.29) is 11.7 Å². The lowest BCUT2D eigenvalue weighted by atomic mass is 9.88. The number of piperidine rings is 1. The summed E-state index contributed by atoms with van der Waals surface area (Å²) in [6.45, 7) is 7.32. The number of fused-ring (bicyclic) bond motifs is 1. The smallest absolute Gasteiger partial charge is 0.250 e. The number of carbonyl (C=O) groups excluding carboxylic acids is 1. The number of rotatable bonds is 8. The SMILES string of the molecule is CCC(c1cc(-c2cc(C(N)=O)c3[nH]cc(C4CCN(S(=O)(=O)CC)CC4)c3c2)cs1)N1CCCC1. The molecule has 3 N–H and O–H groups in total. The van der Waals surface area contributed by atoms with E-state index >= 15 is 0 Å². The van der Waals surface area contributed by atoms with Gasteiger partial charge in [-0.1, -0.05) is 6.92 Å². The van der Waals surface area contributed by atoms with Crippen LogP contribution in [-0.4, -0.2) is 60.4 Å². The van der Waals surface area contributed by atoms with E-state index in [1.54, 1.807) is 22.6 Å². The molecule has 2 aromatic heterocycles. The molecule has 2 aliphatic heterocycles. The highest BCUT2D eigenvalue weighted by Crippen LogP contribution is 2.40. The van der Waals surface area contributed by atoms with Crippen molar-refractivity contribution in [2.75, 3.05) is 31.9 Å². The molecule has 2 saturated heterocycles. The van der Waals surface area contributed by atoms with E-state index in [2.05, 4.69) is 34.3 Å². The highest BCUT2D eigenvalue weighted by Gasteiger charge is 2.29. The van der Waals surface area contributed by atoms with Crippen molar-refractivity contribution >= 4 is 38.2 Å². The Hall–Kier alpha value is -2.20. The van der Waals surface area contributed by atoms with Crippen molar-refractivity contribution in [3.63, 3.8) is 0 Å². The summed E-state index contributed by atoms with van der Waals surface area (Å²) in [5.41, 5.74) is 10.3. The molecule has 9 heteroatoms. The molecule has 1 atom stereocenters. The molecular weight excluding hydrogens is 492 g/mol. The third-order valence-electron chi connectivity index (χ3n) is 7.99. The van der Waals surface area contributed by atoms with Gasteiger partial charge in [0.1, 0.15) is 0 Å². The number of nitrogens with zero attached hydrogens (tertiary/aromatic N) is 2. The van der Waals surface area contributed by atoms with Gasteiger partial charge < -0.3 is 10.7 Å². The van der Waals surface area contributed by atoms with E-state index in [1.807, 2.05) is 12.3 Å². The second kappa shape index (κ2) is 10.3. The van der Waals surface area contributed by atoms with Crippen molar-refractivity contribution in [1.29, 1.82) is 0 Å². The Labute approximate surface area is 217 Å². The van der Waals surface area contributed by atoms with Gasteiger partial charge in [-0.3, -0.25) is 9.69 Å². The Morgan fingerprint density at radius 1 is 1.11 bits per heavy atom. The fourth-order valence-corrected chi connectivity index (χ4v) is 8.22. The zero-order valence-electron chi connectivity index (χ0n) is 21.1. The first kappa shape index (κ1) is 25.4. The lowest BCUT2D eigenvalue weighted by Gasteiger charge is -2.31. The highest BCUT2D eigenvalue weighted by atomic mass is 32.2. The van der Waals surface area contributed by atoms with E-state index in [9.17, 15) is 13.2 Å². The molecule has 0 saturated carbocycles. The third-order valence-corrected chi connectivity index (χ3v) is 10.9. The molecule has 1 amide bonds. The van der Waals surface area contributed by atoms with Gasteiger partial charge in [0, 0.05) is 35.6 Å². The Morgan fingerprint density at radius 2 is 1.83 bits per heavy atom. The number of aromatic amines is 1. The van der Waals surface area contributed by atoms with Gasteiger partial charge in [0.25, 0.3) is 5.91 Å². The van der Waals surface area contributed by atoms with Crippen LogP contribution >= 0.6 is 11.3 Å². The summed E-state index contributed by atoms with van der Waals surface area (Å²) in [5, 5.41) is 3.21. The number of primary amides is 1. The minimum atomic E-state index is -3.17. The Bertz CT molecular complexity index is 1350. The molecule has 194 valence electrons. The van der Waals surface area contributed by atoms with Crippen molar-refractivity contribution in [3.05, 3.63) is 45.8 Å². The minimum Gasteiger partial charge on any atom is -0.366 e. The van der Waals surface area contributed by atoms with Crippen molar-refractivity contribution in [1.82, 2.24) is 14.2 Å². The molecular formula is C27H36N4O3S2. The lowest BCUT2D eigenvalue weighted by Crippen LogP contribution is -2.38. The van der Waals surface area contributed by atoms with Crippen molar-refractivity contribution in [3.8, 4) is 11.1 Å². The Kier molecular flexibility index (Phi) is 7.27. The minimum absolute atomic E-state index is 0.134. The van der Waals surface area contributed by atoms with Crippen LogP contribution in [0.5, 0.6) is 0 Å². The number of hydrogen-bond acceptors (Lipinski definition) is 5. The van der Waals surface area contributed by atoms with Crippen LogP contribution in [0.2, 0.25) is 0 Å². The van der Waals surface area contributed by atoms with Gasteiger partial charge in [-0.05, 0) is 98.3 Å². The summed E-state index contributed by atoms with van der Waals surface area (Å²) in [6, 6.07) is 6.80. The van der Waals surface area contributed by atoms with Crippen LogP contribution in [0.3, 0.4) is 0 Å². The van der Waals surface area contributed by atoms with Gasteiger partial charge in [-0.15, -0.1) is 11.3 Å². The van der Waals surface area contributed by atoms with Crippen molar-refractivity contribution in [2.24, 2.45) is 5.73 Å². The van der Waals surface area contributed by atoms with Gasteiger partial charge in [0.15, 0.2) is 0 Å². The molecule has 0 spiro atoms. The number of amides is 1.